The minimum absolute atomic E-state index is 0. The highest BCUT2D eigenvalue weighted by Gasteiger charge is 2.41. The topological polar surface area (TPSA) is 104 Å². The number of anilines is 2. The van der Waals surface area contributed by atoms with Crippen molar-refractivity contribution in [1.82, 2.24) is 14.8 Å². The molecule has 0 fully saturated rings. The monoisotopic (exact) mass is 606 g/mol. The van der Waals surface area contributed by atoms with E-state index in [-0.39, 0.29) is 39.9 Å². The van der Waals surface area contributed by atoms with Gasteiger partial charge in [0.2, 0.25) is 5.95 Å². The first kappa shape index (κ1) is 29.7. The zero-order valence-corrected chi connectivity index (χ0v) is 23.4. The average molecular weight is 607 g/mol. The van der Waals surface area contributed by atoms with Crippen LogP contribution in [0.15, 0.2) is 58.5 Å². The Bertz CT molecular complexity index is 1550. The second-order valence-corrected chi connectivity index (χ2v) is 9.95. The van der Waals surface area contributed by atoms with Gasteiger partial charge in [-0.2, -0.15) is 18.4 Å². The fourth-order valence-electron chi connectivity index (χ4n) is 4.67. The first-order valence-electron chi connectivity index (χ1n) is 11.5. The summed E-state index contributed by atoms with van der Waals surface area (Å²) >= 11 is 0. The van der Waals surface area contributed by atoms with Crippen LogP contribution in [-0.2, 0) is 22.3 Å². The number of H-pyrrole nitrogens is 1. The van der Waals surface area contributed by atoms with E-state index >= 15 is 0 Å². The minimum Gasteiger partial charge on any atom is -1.00 e. The molecule has 206 valence electrons. The van der Waals surface area contributed by atoms with Crippen LogP contribution >= 0.6 is 0 Å². The molecule has 39 heavy (non-hydrogen) atoms. The molecular formula is C26H26BrF3N6O3. The molecular weight excluding hydrogens is 581 g/mol. The largest absolute Gasteiger partial charge is 1.00 e. The van der Waals surface area contributed by atoms with E-state index in [1.165, 1.54) is 28.7 Å². The van der Waals surface area contributed by atoms with Gasteiger partial charge < -0.3 is 26.2 Å². The average Bonchev–Trinajstić information content (AvgIpc) is 3.22. The Labute approximate surface area is 233 Å². The third-order valence-electron chi connectivity index (χ3n) is 6.19. The van der Waals surface area contributed by atoms with Crippen molar-refractivity contribution in [1.29, 1.82) is 5.26 Å². The molecule has 9 nitrogen and oxygen atoms in total. The number of esters is 1. The normalized spacial score (nSPS) is 15.4. The van der Waals surface area contributed by atoms with Gasteiger partial charge >= 0.3 is 17.8 Å². The summed E-state index contributed by atoms with van der Waals surface area (Å²) in [6, 6.07) is 10.6. The van der Waals surface area contributed by atoms with Crippen molar-refractivity contribution >= 4 is 17.6 Å². The first-order chi connectivity index (χ1) is 17.8. The number of benzene rings is 2. The van der Waals surface area contributed by atoms with E-state index in [1.807, 2.05) is 21.1 Å². The van der Waals surface area contributed by atoms with Gasteiger partial charge in [-0.15, -0.1) is 5.10 Å². The van der Waals surface area contributed by atoms with Gasteiger partial charge in [-0.1, -0.05) is 12.1 Å². The molecule has 0 aliphatic carbocycles. The van der Waals surface area contributed by atoms with Crippen molar-refractivity contribution in [3.8, 4) is 6.07 Å². The van der Waals surface area contributed by atoms with E-state index in [1.54, 1.807) is 25.1 Å². The lowest BCUT2D eigenvalue weighted by Gasteiger charge is -2.36. The molecule has 2 heterocycles. The van der Waals surface area contributed by atoms with Gasteiger partial charge in [0.05, 0.1) is 51.0 Å². The number of halogens is 4. The highest BCUT2D eigenvalue weighted by Crippen LogP contribution is 2.43. The van der Waals surface area contributed by atoms with E-state index in [0.29, 0.717) is 27.7 Å². The zero-order chi connectivity index (χ0) is 28.0. The fraction of sp³-hybridized carbons (Fsp3) is 0.308. The zero-order valence-electron chi connectivity index (χ0n) is 21.8. The molecule has 1 unspecified atom stereocenters. The molecule has 0 spiro atoms. The summed E-state index contributed by atoms with van der Waals surface area (Å²) in [5, 5.41) is 16.0. The molecule has 1 aliphatic rings. The number of rotatable bonds is 5. The number of aromatic amines is 1. The second kappa shape index (κ2) is 10.7. The van der Waals surface area contributed by atoms with Gasteiger partial charge in [0.15, 0.2) is 0 Å². The van der Waals surface area contributed by atoms with Crippen LogP contribution in [0, 0.1) is 11.3 Å². The molecule has 0 saturated heterocycles. The Morgan fingerprint density at radius 1 is 1.21 bits per heavy atom. The van der Waals surface area contributed by atoms with Gasteiger partial charge in [-0.3, -0.25) is 4.90 Å². The first-order valence-corrected chi connectivity index (χ1v) is 11.5. The van der Waals surface area contributed by atoms with Gasteiger partial charge in [-0.25, -0.2) is 19.3 Å². The Hall–Kier alpha value is -3.89. The van der Waals surface area contributed by atoms with Gasteiger partial charge in [0, 0.05) is 16.9 Å². The number of alkyl halides is 3. The van der Waals surface area contributed by atoms with Crippen LogP contribution in [0.3, 0.4) is 0 Å². The number of aromatic nitrogens is 3. The SMILES string of the molecule is COC(=O)C1=C(C)N(c2cccc(C(F)(F)F)c2)c2n[nH]c(=O)n2C1c1ccc(C#N)cc1C[N+](C)(C)C.[Br-]. The van der Waals surface area contributed by atoms with Gasteiger partial charge in [0.1, 0.15) is 12.6 Å². The Morgan fingerprint density at radius 3 is 2.49 bits per heavy atom. The molecule has 3 aromatic rings. The maximum Gasteiger partial charge on any atom is 0.416 e. The maximum atomic E-state index is 13.5. The summed E-state index contributed by atoms with van der Waals surface area (Å²) in [5.74, 6) is -0.756. The number of quaternary nitrogens is 1. The smallest absolute Gasteiger partial charge is 0.416 e. The summed E-state index contributed by atoms with van der Waals surface area (Å²) < 4.78 is 47.3. The van der Waals surface area contributed by atoms with Crippen molar-refractivity contribution in [2.24, 2.45) is 0 Å². The van der Waals surface area contributed by atoms with E-state index < -0.39 is 29.4 Å². The fourth-order valence-corrected chi connectivity index (χ4v) is 4.67. The summed E-state index contributed by atoms with van der Waals surface area (Å²) in [5.41, 5.74) is 0.458. The van der Waals surface area contributed by atoms with Crippen molar-refractivity contribution in [3.05, 3.63) is 86.5 Å². The summed E-state index contributed by atoms with van der Waals surface area (Å²) in [4.78, 5) is 27.7. The molecule has 4 rings (SSSR count). The number of carbonyl (C=O) groups is 1. The number of nitriles is 1. The second-order valence-electron chi connectivity index (χ2n) is 9.95. The van der Waals surface area contributed by atoms with Crippen LogP contribution in [0.4, 0.5) is 24.8 Å². The lowest BCUT2D eigenvalue weighted by atomic mass is 9.89. The van der Waals surface area contributed by atoms with Gasteiger partial charge in [0.25, 0.3) is 0 Å². The highest BCUT2D eigenvalue weighted by molar-refractivity contribution is 5.93. The predicted octanol–water partition coefficient (Wildman–Crippen LogP) is 0.860. The number of carbonyl (C=O) groups excluding carboxylic acids is 1. The molecule has 0 saturated carbocycles. The number of hydrogen-bond donors (Lipinski definition) is 1. The standard InChI is InChI=1S/C26H25F3N6O3.BrH/c1-15-21(23(36)38-5)22(20-10-9-16(13-30)11-17(20)14-35(2,3)4)34-24(31-32-25(34)37)33(15)19-8-6-7-18(12-19)26(27,28)29;/h6-12,22H,14H2,1-5H3;1H. The van der Waals surface area contributed by atoms with Crippen molar-refractivity contribution in [3.63, 3.8) is 0 Å². The minimum atomic E-state index is -4.61. The lowest BCUT2D eigenvalue weighted by Crippen LogP contribution is -3.00. The molecule has 2 aromatic carbocycles. The van der Waals surface area contributed by atoms with E-state index in [4.69, 9.17) is 4.74 Å². The summed E-state index contributed by atoms with van der Waals surface area (Å²) in [7, 11) is 7.05. The molecule has 1 aliphatic heterocycles. The summed E-state index contributed by atoms with van der Waals surface area (Å²) in [6.45, 7) is 2.01. The quantitative estimate of drug-likeness (QED) is 0.341. The Kier molecular flexibility index (Phi) is 8.14. The Balaban J connectivity index is 0.00000420. The summed E-state index contributed by atoms with van der Waals surface area (Å²) in [6.07, 6.45) is -4.61. The van der Waals surface area contributed by atoms with Crippen LogP contribution in [-0.4, -0.2) is 53.5 Å². The molecule has 1 N–H and O–H groups in total. The number of allylic oxidation sites excluding steroid dienone is 1. The van der Waals surface area contributed by atoms with E-state index in [9.17, 15) is 28.0 Å². The van der Waals surface area contributed by atoms with E-state index in [2.05, 4.69) is 16.3 Å². The number of fused-ring (bicyclic) bond motifs is 1. The predicted molar refractivity (Wildman–Crippen MR) is 132 cm³/mol. The molecule has 0 radical (unpaired) electrons. The van der Waals surface area contributed by atoms with Crippen LogP contribution < -0.4 is 27.6 Å². The number of methoxy groups -OCH3 is 1. The third kappa shape index (κ3) is 5.62. The van der Waals surface area contributed by atoms with E-state index in [0.717, 1.165) is 12.1 Å². The van der Waals surface area contributed by atoms with Crippen molar-refractivity contribution in [2.75, 3.05) is 33.2 Å². The van der Waals surface area contributed by atoms with Crippen LogP contribution in [0.1, 0.15) is 35.2 Å². The molecule has 1 aromatic heterocycles. The number of nitrogens with zero attached hydrogens (tertiary/aromatic N) is 5. The lowest BCUT2D eigenvalue weighted by molar-refractivity contribution is -0.884. The molecule has 0 bridgehead atoms. The van der Waals surface area contributed by atoms with Gasteiger partial charge in [-0.05, 0) is 42.8 Å². The number of nitrogens with one attached hydrogen (secondary N) is 1. The van der Waals surface area contributed by atoms with Crippen molar-refractivity contribution in [2.45, 2.75) is 25.7 Å². The van der Waals surface area contributed by atoms with Crippen molar-refractivity contribution < 1.29 is 44.2 Å². The number of hydrogen-bond acceptors (Lipinski definition) is 6. The molecule has 1 atom stereocenters. The Morgan fingerprint density at radius 2 is 1.90 bits per heavy atom. The molecule has 13 heteroatoms. The highest BCUT2D eigenvalue weighted by atomic mass is 79.9. The van der Waals surface area contributed by atoms with Crippen LogP contribution in [0.25, 0.3) is 0 Å². The van der Waals surface area contributed by atoms with Crippen LogP contribution in [0.2, 0.25) is 0 Å². The number of ether oxygens (including phenoxy) is 1. The maximum absolute atomic E-state index is 13.5. The molecule has 0 amide bonds. The van der Waals surface area contributed by atoms with Crippen LogP contribution in [0.5, 0.6) is 0 Å². The third-order valence-corrected chi connectivity index (χ3v) is 6.19.